The lowest BCUT2D eigenvalue weighted by atomic mass is 10.2. The number of hydrogen-bond acceptors (Lipinski definition) is 2. The summed E-state index contributed by atoms with van der Waals surface area (Å²) in [6, 6.07) is 2.92. The number of nitrogens with zero attached hydrogens (tertiary/aromatic N) is 1. The van der Waals surface area contributed by atoms with Gasteiger partial charge < -0.3 is 9.88 Å². The highest BCUT2D eigenvalue weighted by Crippen LogP contribution is 2.15. The van der Waals surface area contributed by atoms with Crippen LogP contribution in [0.25, 0.3) is 0 Å². The molecule has 0 spiro atoms. The first-order chi connectivity index (χ1) is 8.60. The molecule has 1 N–H and O–H groups in total. The monoisotopic (exact) mass is 268 g/mol. The van der Waals surface area contributed by atoms with Crippen LogP contribution in [0.1, 0.15) is 44.1 Å². The second kappa shape index (κ2) is 7.90. The minimum atomic E-state index is 0.605. The van der Waals surface area contributed by atoms with E-state index >= 15 is 0 Å². The van der Waals surface area contributed by atoms with Crippen molar-refractivity contribution in [3.8, 4) is 0 Å². The van der Waals surface area contributed by atoms with Crippen LogP contribution in [0, 0.1) is 13.8 Å². The van der Waals surface area contributed by atoms with Crippen LogP contribution in [0.4, 0.5) is 0 Å². The summed E-state index contributed by atoms with van der Waals surface area (Å²) in [5, 5.41) is 3.64. The fourth-order valence-electron chi connectivity index (χ4n) is 2.33. The van der Waals surface area contributed by atoms with E-state index in [0.717, 1.165) is 13.1 Å². The molecule has 3 heteroatoms. The quantitative estimate of drug-likeness (QED) is 0.723. The van der Waals surface area contributed by atoms with E-state index in [2.05, 4.69) is 50.6 Å². The van der Waals surface area contributed by atoms with Crippen molar-refractivity contribution >= 4 is 11.8 Å². The Balaban J connectivity index is 2.43. The van der Waals surface area contributed by atoms with E-state index in [1.807, 2.05) is 11.8 Å². The van der Waals surface area contributed by atoms with Gasteiger partial charge in [-0.1, -0.05) is 6.92 Å². The molecule has 1 aromatic rings. The average molecular weight is 268 g/mol. The van der Waals surface area contributed by atoms with Crippen molar-refractivity contribution < 1.29 is 0 Å². The highest BCUT2D eigenvalue weighted by Gasteiger charge is 2.08. The van der Waals surface area contributed by atoms with Crippen molar-refractivity contribution in [3.05, 3.63) is 23.0 Å². The Morgan fingerprint density at radius 1 is 1.33 bits per heavy atom. The fraction of sp³-hybridized carbons (Fsp3) is 0.733. The first kappa shape index (κ1) is 15.6. The third-order valence-corrected chi connectivity index (χ3v) is 4.47. The molecule has 1 heterocycles. The molecule has 0 aliphatic heterocycles. The number of thioether (sulfide) groups is 1. The predicted molar refractivity (Wildman–Crippen MR) is 83.5 cm³/mol. The van der Waals surface area contributed by atoms with Gasteiger partial charge in [-0.15, -0.1) is 0 Å². The molecule has 0 saturated heterocycles. The van der Waals surface area contributed by atoms with Gasteiger partial charge in [-0.25, -0.2) is 0 Å². The third-order valence-electron chi connectivity index (χ3n) is 3.53. The fourth-order valence-corrected chi connectivity index (χ4v) is 3.14. The van der Waals surface area contributed by atoms with Crippen molar-refractivity contribution in [1.82, 2.24) is 9.88 Å². The molecule has 0 bridgehead atoms. The molecule has 1 aromatic heterocycles. The van der Waals surface area contributed by atoms with Gasteiger partial charge in [0.25, 0.3) is 0 Å². The van der Waals surface area contributed by atoms with Gasteiger partial charge >= 0.3 is 0 Å². The number of aromatic nitrogens is 1. The van der Waals surface area contributed by atoms with Gasteiger partial charge in [0.2, 0.25) is 0 Å². The number of hydrogen-bond donors (Lipinski definition) is 1. The first-order valence-corrected chi connectivity index (χ1v) is 8.22. The SMILES string of the molecule is CCSCCC(C)NCc1cc(C)n(CC)c1C. The van der Waals surface area contributed by atoms with Gasteiger partial charge in [-0.2, -0.15) is 11.8 Å². The van der Waals surface area contributed by atoms with Crippen LogP contribution < -0.4 is 5.32 Å². The molecule has 1 unspecified atom stereocenters. The largest absolute Gasteiger partial charge is 0.349 e. The maximum absolute atomic E-state index is 3.64. The van der Waals surface area contributed by atoms with Crippen LogP contribution in [-0.2, 0) is 13.1 Å². The maximum atomic E-state index is 3.64. The number of rotatable bonds is 8. The van der Waals surface area contributed by atoms with Gasteiger partial charge in [-0.05, 0) is 57.3 Å². The first-order valence-electron chi connectivity index (χ1n) is 7.06. The summed E-state index contributed by atoms with van der Waals surface area (Å²) in [4.78, 5) is 0. The van der Waals surface area contributed by atoms with E-state index in [1.165, 1.54) is 34.9 Å². The molecule has 0 aliphatic rings. The Morgan fingerprint density at radius 2 is 2.06 bits per heavy atom. The molecule has 1 rings (SSSR count). The summed E-state index contributed by atoms with van der Waals surface area (Å²) in [6.07, 6.45) is 1.25. The zero-order valence-electron chi connectivity index (χ0n) is 12.5. The van der Waals surface area contributed by atoms with Crippen molar-refractivity contribution in [3.63, 3.8) is 0 Å². The highest BCUT2D eigenvalue weighted by atomic mass is 32.2. The second-order valence-corrected chi connectivity index (χ2v) is 6.30. The van der Waals surface area contributed by atoms with E-state index in [1.54, 1.807) is 0 Å². The summed E-state index contributed by atoms with van der Waals surface area (Å²) < 4.78 is 2.38. The smallest absolute Gasteiger partial charge is 0.0225 e. The molecule has 18 heavy (non-hydrogen) atoms. The van der Waals surface area contributed by atoms with Crippen LogP contribution in [0.15, 0.2) is 6.07 Å². The van der Waals surface area contributed by atoms with E-state index < -0.39 is 0 Å². The Labute approximate surface area is 117 Å². The number of aryl methyl sites for hydroxylation is 1. The van der Waals surface area contributed by atoms with Gasteiger partial charge in [0, 0.05) is 30.5 Å². The van der Waals surface area contributed by atoms with Crippen molar-refractivity contribution in [2.45, 2.75) is 60.2 Å². The van der Waals surface area contributed by atoms with Crippen LogP contribution in [-0.4, -0.2) is 22.1 Å². The molecule has 2 nitrogen and oxygen atoms in total. The van der Waals surface area contributed by atoms with Gasteiger partial charge in [0.1, 0.15) is 0 Å². The molecule has 0 radical (unpaired) electrons. The Kier molecular flexibility index (Phi) is 6.87. The zero-order valence-corrected chi connectivity index (χ0v) is 13.4. The Bertz CT molecular complexity index is 358. The molecular weight excluding hydrogens is 240 g/mol. The van der Waals surface area contributed by atoms with Crippen LogP contribution in [0.2, 0.25) is 0 Å². The molecule has 0 amide bonds. The molecule has 0 aliphatic carbocycles. The topological polar surface area (TPSA) is 17.0 Å². The van der Waals surface area contributed by atoms with Crippen molar-refractivity contribution in [1.29, 1.82) is 0 Å². The van der Waals surface area contributed by atoms with E-state index in [9.17, 15) is 0 Å². The third kappa shape index (κ3) is 4.36. The highest BCUT2D eigenvalue weighted by molar-refractivity contribution is 7.99. The standard InChI is InChI=1S/C15H28N2S/c1-6-17-13(4)10-15(14(17)5)11-16-12(3)8-9-18-7-2/h10,12,16H,6-9,11H2,1-5H3. The summed E-state index contributed by atoms with van der Waals surface area (Å²) in [5.74, 6) is 2.49. The van der Waals surface area contributed by atoms with E-state index in [0.29, 0.717) is 6.04 Å². The normalized spacial score (nSPS) is 12.9. The van der Waals surface area contributed by atoms with Crippen LogP contribution >= 0.6 is 11.8 Å². The Hall–Kier alpha value is -0.410. The molecule has 0 aromatic carbocycles. The van der Waals surface area contributed by atoms with Gasteiger partial charge in [-0.3, -0.25) is 0 Å². The van der Waals surface area contributed by atoms with Crippen LogP contribution in [0.5, 0.6) is 0 Å². The molecule has 1 atom stereocenters. The lowest BCUT2D eigenvalue weighted by molar-refractivity contribution is 0.535. The predicted octanol–water partition coefficient (Wildman–Crippen LogP) is 3.75. The average Bonchev–Trinajstić information content (AvgIpc) is 2.62. The minimum absolute atomic E-state index is 0.605. The van der Waals surface area contributed by atoms with Crippen molar-refractivity contribution in [2.75, 3.05) is 11.5 Å². The summed E-state index contributed by atoms with van der Waals surface area (Å²) in [5.41, 5.74) is 4.24. The maximum Gasteiger partial charge on any atom is 0.0225 e. The zero-order chi connectivity index (χ0) is 13.5. The number of nitrogens with one attached hydrogen (secondary N) is 1. The second-order valence-electron chi connectivity index (χ2n) is 4.91. The van der Waals surface area contributed by atoms with E-state index in [-0.39, 0.29) is 0 Å². The molecular formula is C15H28N2S. The summed E-state index contributed by atoms with van der Waals surface area (Å²) >= 11 is 2.03. The lowest BCUT2D eigenvalue weighted by Gasteiger charge is -2.13. The minimum Gasteiger partial charge on any atom is -0.349 e. The van der Waals surface area contributed by atoms with Gasteiger partial charge in [0.05, 0.1) is 0 Å². The Morgan fingerprint density at radius 3 is 2.61 bits per heavy atom. The lowest BCUT2D eigenvalue weighted by Crippen LogP contribution is -2.26. The van der Waals surface area contributed by atoms with Crippen molar-refractivity contribution in [2.24, 2.45) is 0 Å². The molecule has 0 fully saturated rings. The van der Waals surface area contributed by atoms with Crippen LogP contribution in [0.3, 0.4) is 0 Å². The summed E-state index contributed by atoms with van der Waals surface area (Å²) in [6.45, 7) is 13.2. The molecule has 104 valence electrons. The van der Waals surface area contributed by atoms with E-state index in [4.69, 9.17) is 0 Å². The van der Waals surface area contributed by atoms with Gasteiger partial charge in [0.15, 0.2) is 0 Å². The summed E-state index contributed by atoms with van der Waals surface area (Å²) in [7, 11) is 0. The molecule has 0 saturated carbocycles.